The second-order valence-corrected chi connectivity index (χ2v) is 20.5. The number of rotatable bonds is 25. The van der Waals surface area contributed by atoms with Crippen molar-refractivity contribution in [3.8, 4) is 5.75 Å². The minimum absolute atomic E-state index is 0.00750. The summed E-state index contributed by atoms with van der Waals surface area (Å²) >= 11 is 0. The summed E-state index contributed by atoms with van der Waals surface area (Å²) in [5.41, 5.74) is 11.9. The molecule has 0 bridgehead atoms. The molecule has 4 aliphatic rings. The smallest absolute Gasteiger partial charge is 0.303 e. The van der Waals surface area contributed by atoms with Gasteiger partial charge in [-0.3, -0.25) is 47.9 Å². The molecule has 8 unspecified atom stereocenters. The number of carboxylic acids is 1. The van der Waals surface area contributed by atoms with E-state index in [0.29, 0.717) is 76.4 Å². The van der Waals surface area contributed by atoms with Crippen molar-refractivity contribution in [2.24, 2.45) is 35.1 Å². The minimum Gasteiger partial charge on any atom is -0.508 e. The quantitative estimate of drug-likeness (QED) is 0.0468. The molecule has 0 spiro atoms. The first-order valence-corrected chi connectivity index (χ1v) is 26.6. The number of aliphatic carboxylic acids is 1. The zero-order chi connectivity index (χ0) is 54.6. The van der Waals surface area contributed by atoms with E-state index in [4.69, 9.17) is 11.5 Å². The minimum atomic E-state index is -1.20. The topological polar surface area (TPSA) is 383 Å². The van der Waals surface area contributed by atoms with Crippen LogP contribution in [0.3, 0.4) is 0 Å². The van der Waals surface area contributed by atoms with Gasteiger partial charge in [-0.1, -0.05) is 44.2 Å². The lowest BCUT2D eigenvalue weighted by molar-refractivity contribution is -0.137. The number of carbonyl (C=O) groups is 10. The number of primary amides is 1. The van der Waals surface area contributed by atoms with Crippen LogP contribution >= 0.6 is 0 Å². The number of piperidine rings is 2. The molecule has 2 saturated heterocycles. The molecule has 12 atom stereocenters. The summed E-state index contributed by atoms with van der Waals surface area (Å²) in [7, 11) is 0. The fraction of sp³-hybridized carbons (Fsp3) is 0.686. The van der Waals surface area contributed by atoms with Gasteiger partial charge in [0.15, 0.2) is 0 Å². The van der Waals surface area contributed by atoms with Crippen LogP contribution in [-0.2, 0) is 54.4 Å². The molecule has 5 rings (SSSR count). The first kappa shape index (κ1) is 59.5. The molecule has 24 nitrogen and oxygen atoms in total. The van der Waals surface area contributed by atoms with E-state index < -0.39 is 125 Å². The van der Waals surface area contributed by atoms with Crippen LogP contribution in [0.1, 0.15) is 116 Å². The van der Waals surface area contributed by atoms with Gasteiger partial charge >= 0.3 is 5.97 Å². The van der Waals surface area contributed by atoms with Crippen LogP contribution in [0.15, 0.2) is 24.3 Å². The predicted octanol–water partition coefficient (Wildman–Crippen LogP) is -2.07. The SMILES string of the molecule is CC(=O)NC1CCCCC1C(=O)N[C@H](CCCCC(=O)O)C(=O)NC1CCNCC1C(=O)N[C@H](Cc1ccc(O)cc1)C(=O)NC1CCCCC1C(=O)N[C@H](CCN)C(=O)NC1CCNCC1C(=O)N[C@H](C)C(N)=O. The summed E-state index contributed by atoms with van der Waals surface area (Å²) in [6.07, 6.45) is 6.17. The van der Waals surface area contributed by atoms with Crippen LogP contribution in [0, 0.1) is 23.7 Å². The molecule has 1 aromatic carbocycles. The molecule has 2 saturated carbocycles. The summed E-state index contributed by atoms with van der Waals surface area (Å²) in [6, 6.07) is -0.629. The van der Waals surface area contributed by atoms with Crippen molar-refractivity contribution >= 4 is 59.1 Å². The molecule has 416 valence electrons. The maximum absolute atomic E-state index is 14.5. The van der Waals surface area contributed by atoms with E-state index in [1.165, 1.54) is 26.0 Å². The van der Waals surface area contributed by atoms with Crippen molar-refractivity contribution in [1.29, 1.82) is 0 Å². The Hall–Kier alpha value is -6.40. The van der Waals surface area contributed by atoms with Gasteiger partial charge in [0.05, 0.1) is 23.7 Å². The zero-order valence-electron chi connectivity index (χ0n) is 43.2. The molecule has 16 N–H and O–H groups in total. The van der Waals surface area contributed by atoms with Gasteiger partial charge in [0.2, 0.25) is 53.2 Å². The number of benzene rings is 1. The van der Waals surface area contributed by atoms with Crippen molar-refractivity contribution in [3.63, 3.8) is 0 Å². The lowest BCUT2D eigenvalue weighted by Crippen LogP contribution is -2.61. The standard InChI is InChI=1S/C51H80N12O12/c1-28(44(53)68)56-47(71)34-26-54-23-20-38(34)60-50(74)41(19-22-52)62-46(70)33-10-4-6-12-37(33)58-51(75)42(25-30-15-17-31(65)18-16-30)63-48(72)35-27-55-24-21-39(35)59-49(73)40(13-7-8-14-43(66)67)61-45(69)32-9-3-5-11-36(32)57-29(2)64/h15-18,28,32-42,54-55,65H,3-14,19-27,52H2,1-2H3,(H2,53,68)(H,56,71)(H,57,64)(H,58,75)(H,59,73)(H,60,74)(H,61,69)(H,62,70)(H,63,72)(H,66,67)/t28-,32?,33?,34?,35?,36?,37?,38?,39?,40-,41-,42-/m1/s1. The maximum atomic E-state index is 14.5. The Balaban J connectivity index is 1.29. The third kappa shape index (κ3) is 18.4. The van der Waals surface area contributed by atoms with Crippen LogP contribution in [0.5, 0.6) is 5.75 Å². The van der Waals surface area contributed by atoms with E-state index in [1.807, 2.05) is 0 Å². The van der Waals surface area contributed by atoms with Gasteiger partial charge in [-0.2, -0.15) is 0 Å². The molecule has 2 heterocycles. The Bertz CT molecular complexity index is 2170. The Morgan fingerprint density at radius 2 is 1.03 bits per heavy atom. The molecule has 9 amide bonds. The number of hydrogen-bond acceptors (Lipinski definition) is 14. The Morgan fingerprint density at radius 3 is 1.52 bits per heavy atom. The van der Waals surface area contributed by atoms with Crippen molar-refractivity contribution in [2.75, 3.05) is 32.7 Å². The molecule has 0 aromatic heterocycles. The number of carboxylic acid groups (broad SMARTS) is 1. The second-order valence-electron chi connectivity index (χ2n) is 20.5. The van der Waals surface area contributed by atoms with Crippen LogP contribution in [0.25, 0.3) is 0 Å². The molecular formula is C51H80N12O12. The van der Waals surface area contributed by atoms with Gasteiger partial charge in [-0.25, -0.2) is 0 Å². The molecule has 4 fully saturated rings. The highest BCUT2D eigenvalue weighted by Gasteiger charge is 2.41. The molecule has 2 aliphatic carbocycles. The summed E-state index contributed by atoms with van der Waals surface area (Å²) in [4.78, 5) is 133. The second kappa shape index (κ2) is 29.6. The van der Waals surface area contributed by atoms with Crippen LogP contribution in [0.2, 0.25) is 0 Å². The lowest BCUT2D eigenvalue weighted by Gasteiger charge is -2.36. The Kier molecular flexibility index (Phi) is 23.5. The summed E-state index contributed by atoms with van der Waals surface area (Å²) in [5.74, 6) is -8.58. The van der Waals surface area contributed by atoms with E-state index in [2.05, 4.69) is 53.2 Å². The maximum Gasteiger partial charge on any atom is 0.303 e. The fourth-order valence-corrected chi connectivity index (χ4v) is 10.6. The van der Waals surface area contributed by atoms with Gasteiger partial charge in [0, 0.05) is 57.0 Å². The molecular weight excluding hydrogens is 973 g/mol. The third-order valence-electron chi connectivity index (χ3n) is 14.9. The zero-order valence-corrected chi connectivity index (χ0v) is 43.2. The lowest BCUT2D eigenvalue weighted by atomic mass is 9.83. The predicted molar refractivity (Wildman–Crippen MR) is 273 cm³/mol. The fourth-order valence-electron chi connectivity index (χ4n) is 10.6. The van der Waals surface area contributed by atoms with E-state index in [9.17, 15) is 58.2 Å². The molecule has 2 aliphatic heterocycles. The first-order valence-electron chi connectivity index (χ1n) is 26.6. The highest BCUT2D eigenvalue weighted by Crippen LogP contribution is 2.27. The first-order chi connectivity index (χ1) is 35.8. The molecule has 24 heteroatoms. The van der Waals surface area contributed by atoms with Gasteiger partial charge < -0.3 is 74.8 Å². The van der Waals surface area contributed by atoms with Gasteiger partial charge in [0.1, 0.15) is 29.9 Å². The third-order valence-corrected chi connectivity index (χ3v) is 14.9. The largest absolute Gasteiger partial charge is 0.508 e. The highest BCUT2D eigenvalue weighted by atomic mass is 16.4. The number of hydrogen-bond donors (Lipinski definition) is 14. The number of aromatic hydroxyl groups is 1. The van der Waals surface area contributed by atoms with Gasteiger partial charge in [0.25, 0.3) is 0 Å². The number of carbonyl (C=O) groups excluding carboxylic acids is 9. The summed E-state index contributed by atoms with van der Waals surface area (Å²) in [5, 5.41) is 48.6. The summed E-state index contributed by atoms with van der Waals surface area (Å²) < 4.78 is 0. The van der Waals surface area contributed by atoms with Gasteiger partial charge in [-0.05, 0) is 102 Å². The van der Waals surface area contributed by atoms with Crippen LogP contribution < -0.4 is 64.6 Å². The van der Waals surface area contributed by atoms with E-state index in [0.717, 1.165) is 12.8 Å². The number of nitrogens with one attached hydrogen (secondary N) is 10. The monoisotopic (exact) mass is 1050 g/mol. The van der Waals surface area contributed by atoms with Gasteiger partial charge in [-0.15, -0.1) is 0 Å². The van der Waals surface area contributed by atoms with E-state index in [-0.39, 0.29) is 63.4 Å². The highest BCUT2D eigenvalue weighted by molar-refractivity contribution is 5.93. The summed E-state index contributed by atoms with van der Waals surface area (Å²) in [6.45, 7) is 4.19. The van der Waals surface area contributed by atoms with Crippen LogP contribution in [0.4, 0.5) is 0 Å². The molecule has 0 radical (unpaired) electrons. The Morgan fingerprint density at radius 1 is 0.587 bits per heavy atom. The molecule has 75 heavy (non-hydrogen) atoms. The van der Waals surface area contributed by atoms with Crippen LogP contribution in [-0.4, -0.2) is 150 Å². The van der Waals surface area contributed by atoms with E-state index in [1.54, 1.807) is 12.1 Å². The van der Waals surface area contributed by atoms with Crippen molar-refractivity contribution in [3.05, 3.63) is 29.8 Å². The number of nitrogens with two attached hydrogens (primary N) is 2. The van der Waals surface area contributed by atoms with Crippen molar-refractivity contribution in [1.82, 2.24) is 53.2 Å². The molecule has 1 aromatic rings. The number of phenolic OH excluding ortho intramolecular Hbond substituents is 1. The number of amides is 9. The Labute approximate surface area is 437 Å². The normalized spacial score (nSPS) is 25.3. The number of phenols is 1. The van der Waals surface area contributed by atoms with E-state index >= 15 is 0 Å². The van der Waals surface area contributed by atoms with Crippen molar-refractivity contribution < 1.29 is 58.2 Å². The number of unbranched alkanes of at least 4 members (excludes halogenated alkanes) is 1. The average Bonchev–Trinajstić information content (AvgIpc) is 3.37. The average molecular weight is 1050 g/mol. The van der Waals surface area contributed by atoms with Crippen molar-refractivity contribution in [2.45, 2.75) is 165 Å².